The maximum absolute atomic E-state index is 13.9. The van der Waals surface area contributed by atoms with Crippen LogP contribution in [-0.4, -0.2) is 31.0 Å². The van der Waals surface area contributed by atoms with E-state index >= 15 is 0 Å². The summed E-state index contributed by atoms with van der Waals surface area (Å²) in [5, 5.41) is 11.3. The van der Waals surface area contributed by atoms with Crippen LogP contribution in [0.5, 0.6) is 11.5 Å². The van der Waals surface area contributed by atoms with Crippen LogP contribution >= 0.6 is 11.6 Å². The molecule has 0 bridgehead atoms. The van der Waals surface area contributed by atoms with E-state index < -0.39 is 29.3 Å². The summed E-state index contributed by atoms with van der Waals surface area (Å²) in [6, 6.07) is 15.0. The van der Waals surface area contributed by atoms with Gasteiger partial charge in [0.05, 0.1) is 30.9 Å². The average Bonchev–Trinajstić information content (AvgIpc) is 3.15. The number of methoxy groups -OCH3 is 2. The number of nitrogens with zero attached hydrogens (tertiary/aromatic N) is 1. The minimum atomic E-state index is -1.00. The van der Waals surface area contributed by atoms with E-state index in [1.54, 1.807) is 30.3 Å². The molecule has 1 saturated heterocycles. The highest BCUT2D eigenvalue weighted by molar-refractivity contribution is 6.52. The van der Waals surface area contributed by atoms with E-state index in [0.29, 0.717) is 5.56 Å². The first-order valence-corrected chi connectivity index (χ1v) is 11.3. The topological polar surface area (TPSA) is 76.1 Å². The van der Waals surface area contributed by atoms with Crippen molar-refractivity contribution in [3.63, 3.8) is 0 Å². The Hall–Kier alpha value is -3.84. The van der Waals surface area contributed by atoms with Gasteiger partial charge in [0, 0.05) is 5.69 Å². The van der Waals surface area contributed by atoms with Crippen LogP contribution in [0.25, 0.3) is 5.76 Å². The Balaban J connectivity index is 2.01. The molecule has 4 rings (SSSR count). The van der Waals surface area contributed by atoms with E-state index in [2.05, 4.69) is 0 Å². The highest BCUT2D eigenvalue weighted by Crippen LogP contribution is 2.45. The van der Waals surface area contributed by atoms with E-state index in [1.165, 1.54) is 31.3 Å². The largest absolute Gasteiger partial charge is 0.506 e. The van der Waals surface area contributed by atoms with Gasteiger partial charge in [-0.15, -0.1) is 0 Å². The molecule has 3 aromatic rings. The number of ketones is 1. The van der Waals surface area contributed by atoms with Crippen LogP contribution in [0.15, 0.2) is 66.2 Å². The second kappa shape index (κ2) is 9.80. The highest BCUT2D eigenvalue weighted by atomic mass is 35.5. The van der Waals surface area contributed by atoms with Crippen LogP contribution in [0.2, 0.25) is 5.02 Å². The molecule has 0 radical (unpaired) electrons. The molecule has 1 N–H and O–H groups in total. The quantitative estimate of drug-likeness (QED) is 0.270. The number of carbonyl (C=O) groups excluding carboxylic acids is 2. The number of anilines is 1. The fraction of sp³-hybridized carbons (Fsp3) is 0.185. The van der Waals surface area contributed by atoms with Gasteiger partial charge in [0.15, 0.2) is 0 Å². The van der Waals surface area contributed by atoms with Crippen molar-refractivity contribution in [1.29, 1.82) is 0 Å². The third-order valence-corrected chi connectivity index (χ3v) is 6.28. The normalized spacial score (nSPS) is 17.1. The first-order valence-electron chi connectivity index (χ1n) is 10.9. The molecule has 1 heterocycles. The molecule has 1 aliphatic heterocycles. The van der Waals surface area contributed by atoms with E-state index in [1.807, 2.05) is 19.1 Å². The van der Waals surface area contributed by atoms with Crippen LogP contribution in [0.4, 0.5) is 10.1 Å². The summed E-state index contributed by atoms with van der Waals surface area (Å²) >= 11 is 5.99. The smallest absolute Gasteiger partial charge is 0.300 e. The minimum absolute atomic E-state index is 0.141. The Morgan fingerprint density at radius 3 is 2.20 bits per heavy atom. The van der Waals surface area contributed by atoms with E-state index in [4.69, 9.17) is 21.1 Å². The van der Waals surface area contributed by atoms with Gasteiger partial charge in [0.2, 0.25) is 0 Å². The van der Waals surface area contributed by atoms with Crippen molar-refractivity contribution in [2.45, 2.75) is 19.4 Å². The van der Waals surface area contributed by atoms with Crippen molar-refractivity contribution in [1.82, 2.24) is 0 Å². The van der Waals surface area contributed by atoms with E-state index in [9.17, 15) is 19.1 Å². The molecule has 180 valence electrons. The van der Waals surface area contributed by atoms with Gasteiger partial charge < -0.3 is 14.6 Å². The van der Waals surface area contributed by atoms with Gasteiger partial charge in [0.1, 0.15) is 28.6 Å². The summed E-state index contributed by atoms with van der Waals surface area (Å²) in [6.45, 7) is 2.01. The minimum Gasteiger partial charge on any atom is -0.506 e. The molecule has 35 heavy (non-hydrogen) atoms. The second-order valence-electron chi connectivity index (χ2n) is 7.90. The Morgan fingerprint density at radius 2 is 1.66 bits per heavy atom. The van der Waals surface area contributed by atoms with Crippen molar-refractivity contribution < 1.29 is 28.6 Å². The molecule has 1 unspecified atom stereocenters. The van der Waals surface area contributed by atoms with Crippen LogP contribution in [0.1, 0.15) is 29.7 Å². The molecule has 3 aromatic carbocycles. The first kappa shape index (κ1) is 24.3. The van der Waals surface area contributed by atoms with Crippen molar-refractivity contribution >= 4 is 34.7 Å². The molecule has 1 atom stereocenters. The predicted molar refractivity (Wildman–Crippen MR) is 132 cm³/mol. The summed E-state index contributed by atoms with van der Waals surface area (Å²) in [5.74, 6) is -2.36. The van der Waals surface area contributed by atoms with Crippen LogP contribution in [-0.2, 0) is 16.0 Å². The molecule has 0 aliphatic carbocycles. The maximum atomic E-state index is 13.9. The predicted octanol–water partition coefficient (Wildman–Crippen LogP) is 5.69. The number of rotatable bonds is 6. The Bertz CT molecular complexity index is 1310. The van der Waals surface area contributed by atoms with Gasteiger partial charge in [-0.2, -0.15) is 0 Å². The Kier molecular flexibility index (Phi) is 6.80. The lowest BCUT2D eigenvalue weighted by Gasteiger charge is -2.26. The molecule has 0 aromatic heterocycles. The number of ether oxygens (including phenoxy) is 2. The number of aliphatic hydroxyl groups excluding tert-OH is 1. The van der Waals surface area contributed by atoms with Gasteiger partial charge in [0.25, 0.3) is 11.7 Å². The lowest BCUT2D eigenvalue weighted by Crippen LogP contribution is -2.29. The number of benzene rings is 3. The number of Topliss-reactive ketones (excluding diaryl/α,β-unsaturated/α-hetero) is 1. The number of halogens is 2. The molecule has 1 aliphatic rings. The Labute approximate surface area is 207 Å². The zero-order valence-corrected chi connectivity index (χ0v) is 20.1. The second-order valence-corrected chi connectivity index (χ2v) is 8.31. The number of amides is 1. The standard InChI is InChI=1S/C27H23ClFNO5/c1-4-15-8-10-16(11-9-15)24-23(25(31)22-20(34-2)6-5-7-21(22)35-3)26(32)27(33)30(24)17-12-13-19(29)18(28)14-17/h5-14,24,31H,4H2,1-3H3/b25-23+. The number of hydrogen-bond donors (Lipinski definition) is 1. The molecule has 1 amide bonds. The number of hydrogen-bond acceptors (Lipinski definition) is 5. The van der Waals surface area contributed by atoms with E-state index in [0.717, 1.165) is 18.1 Å². The lowest BCUT2D eigenvalue weighted by molar-refractivity contribution is -0.132. The zero-order chi connectivity index (χ0) is 25.3. The average molecular weight is 496 g/mol. The van der Waals surface area contributed by atoms with E-state index in [-0.39, 0.29) is 33.3 Å². The van der Waals surface area contributed by atoms with Crippen molar-refractivity contribution in [3.05, 3.63) is 93.8 Å². The van der Waals surface area contributed by atoms with Crippen molar-refractivity contribution in [2.24, 2.45) is 0 Å². The molecular formula is C27H23ClFNO5. The van der Waals surface area contributed by atoms with Gasteiger partial charge >= 0.3 is 0 Å². The van der Waals surface area contributed by atoms with Gasteiger partial charge in [-0.05, 0) is 47.9 Å². The van der Waals surface area contributed by atoms with Crippen LogP contribution in [0.3, 0.4) is 0 Å². The van der Waals surface area contributed by atoms with Gasteiger partial charge in [-0.25, -0.2) is 4.39 Å². The fourth-order valence-corrected chi connectivity index (χ4v) is 4.38. The Morgan fingerprint density at radius 1 is 1.03 bits per heavy atom. The molecule has 1 fully saturated rings. The summed E-state index contributed by atoms with van der Waals surface area (Å²) in [5.41, 5.74) is 1.85. The SMILES string of the molecule is CCc1ccc(C2/C(=C(\O)c3c(OC)cccc3OC)C(=O)C(=O)N2c2ccc(F)c(Cl)c2)cc1. The molecular weight excluding hydrogens is 473 g/mol. The summed E-state index contributed by atoms with van der Waals surface area (Å²) in [6.07, 6.45) is 0.798. The number of aliphatic hydroxyl groups is 1. The summed E-state index contributed by atoms with van der Waals surface area (Å²) in [4.78, 5) is 27.9. The number of aryl methyl sites for hydroxylation is 1. The lowest BCUT2D eigenvalue weighted by atomic mass is 9.93. The maximum Gasteiger partial charge on any atom is 0.300 e. The van der Waals surface area contributed by atoms with Gasteiger partial charge in [-0.3, -0.25) is 14.5 Å². The molecule has 0 spiro atoms. The summed E-state index contributed by atoms with van der Waals surface area (Å²) < 4.78 is 24.7. The molecule has 0 saturated carbocycles. The van der Waals surface area contributed by atoms with Crippen LogP contribution in [0, 0.1) is 5.82 Å². The third kappa shape index (κ3) is 4.23. The summed E-state index contributed by atoms with van der Waals surface area (Å²) in [7, 11) is 2.84. The molecule has 8 heteroatoms. The molecule has 6 nitrogen and oxygen atoms in total. The number of carbonyl (C=O) groups is 2. The third-order valence-electron chi connectivity index (χ3n) is 5.99. The van der Waals surface area contributed by atoms with Crippen LogP contribution < -0.4 is 14.4 Å². The first-order chi connectivity index (χ1) is 16.8. The fourth-order valence-electron chi connectivity index (χ4n) is 4.20. The monoisotopic (exact) mass is 495 g/mol. The van der Waals surface area contributed by atoms with Crippen molar-refractivity contribution in [3.8, 4) is 11.5 Å². The van der Waals surface area contributed by atoms with Gasteiger partial charge in [-0.1, -0.05) is 48.9 Å². The zero-order valence-electron chi connectivity index (χ0n) is 19.3. The van der Waals surface area contributed by atoms with Crippen molar-refractivity contribution in [2.75, 3.05) is 19.1 Å². The highest BCUT2D eigenvalue weighted by Gasteiger charge is 2.47.